The van der Waals surface area contributed by atoms with E-state index in [0.29, 0.717) is 19.4 Å². The van der Waals surface area contributed by atoms with Crippen LogP contribution in [0.5, 0.6) is 0 Å². The van der Waals surface area contributed by atoms with Crippen molar-refractivity contribution in [2.75, 3.05) is 6.61 Å². The van der Waals surface area contributed by atoms with Crippen molar-refractivity contribution in [3.63, 3.8) is 0 Å². The summed E-state index contributed by atoms with van der Waals surface area (Å²) in [7, 11) is 0. The average molecular weight is 269 g/mol. The fourth-order valence-electron chi connectivity index (χ4n) is 3.04. The summed E-state index contributed by atoms with van der Waals surface area (Å²) in [5.41, 5.74) is -1.04. The predicted octanol–water partition coefficient (Wildman–Crippen LogP) is 1.85. The Morgan fingerprint density at radius 1 is 1.16 bits per heavy atom. The lowest BCUT2D eigenvalue weighted by molar-refractivity contribution is -0.150. The van der Waals surface area contributed by atoms with Crippen molar-refractivity contribution in [3.8, 4) is 0 Å². The largest absolute Gasteiger partial charge is 0.480 e. The molecule has 0 spiro atoms. The van der Waals surface area contributed by atoms with Gasteiger partial charge in [0.25, 0.3) is 0 Å². The number of carboxylic acid groups (broad SMARTS) is 1. The third-order valence-electron chi connectivity index (χ3n) is 4.18. The van der Waals surface area contributed by atoms with Crippen molar-refractivity contribution >= 4 is 11.9 Å². The van der Waals surface area contributed by atoms with Crippen molar-refractivity contribution in [3.05, 3.63) is 0 Å². The molecule has 1 amide bonds. The molecular weight excluding hydrogens is 246 g/mol. The molecule has 0 bridgehead atoms. The Hall–Kier alpha value is -1.10. The van der Waals surface area contributed by atoms with Crippen molar-refractivity contribution < 1.29 is 19.4 Å². The number of rotatable bonds is 4. The van der Waals surface area contributed by atoms with Crippen LogP contribution in [0.1, 0.15) is 57.8 Å². The number of hydrogen-bond acceptors (Lipinski definition) is 3. The zero-order chi connectivity index (χ0) is 13.7. The van der Waals surface area contributed by atoms with Gasteiger partial charge in [-0.25, -0.2) is 4.79 Å². The summed E-state index contributed by atoms with van der Waals surface area (Å²) in [5.74, 6) is -1.08. The molecule has 1 aliphatic heterocycles. The lowest BCUT2D eigenvalue weighted by Crippen LogP contribution is -2.56. The van der Waals surface area contributed by atoms with Crippen molar-refractivity contribution in [2.24, 2.45) is 0 Å². The zero-order valence-electron chi connectivity index (χ0n) is 11.3. The Morgan fingerprint density at radius 2 is 1.89 bits per heavy atom. The number of carbonyl (C=O) groups is 2. The number of aliphatic carboxylic acids is 1. The summed E-state index contributed by atoms with van der Waals surface area (Å²) in [4.78, 5) is 23.5. The summed E-state index contributed by atoms with van der Waals surface area (Å²) in [6.07, 6.45) is 7.15. The second-order valence-corrected chi connectivity index (χ2v) is 5.69. The molecule has 1 aliphatic carbocycles. The quantitative estimate of drug-likeness (QED) is 0.816. The van der Waals surface area contributed by atoms with E-state index in [1.165, 1.54) is 0 Å². The topological polar surface area (TPSA) is 75.6 Å². The first-order valence-electron chi connectivity index (χ1n) is 7.28. The number of hydrogen-bond donors (Lipinski definition) is 2. The third-order valence-corrected chi connectivity index (χ3v) is 4.18. The molecular formula is C14H23NO4. The van der Waals surface area contributed by atoms with Gasteiger partial charge < -0.3 is 15.2 Å². The minimum Gasteiger partial charge on any atom is -0.480 e. The molecule has 2 rings (SSSR count). The van der Waals surface area contributed by atoms with E-state index in [4.69, 9.17) is 4.74 Å². The average Bonchev–Trinajstić information content (AvgIpc) is 2.40. The second kappa shape index (κ2) is 6.37. The molecule has 0 aromatic carbocycles. The highest BCUT2D eigenvalue weighted by molar-refractivity contribution is 5.87. The number of carboxylic acids is 1. The van der Waals surface area contributed by atoms with Gasteiger partial charge >= 0.3 is 5.97 Å². The minimum atomic E-state index is -1.04. The Bertz CT molecular complexity index is 330. The molecule has 5 heteroatoms. The van der Waals surface area contributed by atoms with Crippen LogP contribution in [-0.2, 0) is 14.3 Å². The summed E-state index contributed by atoms with van der Waals surface area (Å²) in [5, 5.41) is 12.2. The van der Waals surface area contributed by atoms with Gasteiger partial charge in [-0.15, -0.1) is 0 Å². The van der Waals surface area contributed by atoms with Crippen molar-refractivity contribution in [1.29, 1.82) is 0 Å². The molecule has 0 aromatic rings. The Morgan fingerprint density at radius 3 is 2.47 bits per heavy atom. The molecule has 1 saturated carbocycles. The highest BCUT2D eigenvalue weighted by Gasteiger charge is 2.41. The van der Waals surface area contributed by atoms with Crippen LogP contribution in [0.15, 0.2) is 0 Å². The zero-order valence-corrected chi connectivity index (χ0v) is 11.3. The minimum absolute atomic E-state index is 0.0387. The maximum absolute atomic E-state index is 12.0. The highest BCUT2D eigenvalue weighted by atomic mass is 16.5. The van der Waals surface area contributed by atoms with Gasteiger partial charge in [-0.05, 0) is 32.1 Å². The van der Waals surface area contributed by atoms with Gasteiger partial charge in [0.1, 0.15) is 5.54 Å². The molecule has 0 radical (unpaired) electrons. The highest BCUT2D eigenvalue weighted by Crippen LogP contribution is 2.29. The lowest BCUT2D eigenvalue weighted by atomic mass is 9.81. The van der Waals surface area contributed by atoms with Gasteiger partial charge in [0.15, 0.2) is 0 Å². The normalized spacial score (nSPS) is 26.6. The number of carbonyl (C=O) groups excluding carboxylic acids is 1. The van der Waals surface area contributed by atoms with E-state index >= 15 is 0 Å². The van der Waals surface area contributed by atoms with Gasteiger partial charge in [-0.1, -0.05) is 19.3 Å². The van der Waals surface area contributed by atoms with E-state index in [9.17, 15) is 14.7 Å². The molecule has 2 N–H and O–H groups in total. The van der Waals surface area contributed by atoms with Crippen LogP contribution in [0.25, 0.3) is 0 Å². The molecule has 5 nitrogen and oxygen atoms in total. The molecule has 2 fully saturated rings. The molecule has 1 heterocycles. The Balaban J connectivity index is 1.89. The van der Waals surface area contributed by atoms with Gasteiger partial charge in [0.2, 0.25) is 5.91 Å². The molecule has 1 atom stereocenters. The first kappa shape index (κ1) is 14.3. The third kappa shape index (κ3) is 3.69. The standard InChI is InChI=1S/C14H23NO4/c16-12(10-11-6-2-5-9-19-11)15-14(13(17)18)7-3-1-4-8-14/h11H,1-10H2,(H,15,16)(H,17,18). The fourth-order valence-corrected chi connectivity index (χ4v) is 3.04. The Labute approximate surface area is 113 Å². The Kier molecular flexibility index (Phi) is 4.80. The van der Waals surface area contributed by atoms with Crippen LogP contribution >= 0.6 is 0 Å². The molecule has 1 saturated heterocycles. The van der Waals surface area contributed by atoms with Gasteiger partial charge in [0.05, 0.1) is 12.5 Å². The molecule has 0 aromatic heterocycles. The summed E-state index contributed by atoms with van der Waals surface area (Å²) >= 11 is 0. The summed E-state index contributed by atoms with van der Waals surface area (Å²) < 4.78 is 5.52. The van der Waals surface area contributed by atoms with Gasteiger partial charge in [-0.3, -0.25) is 4.79 Å². The fraction of sp³-hybridized carbons (Fsp3) is 0.857. The first-order chi connectivity index (χ1) is 9.12. The van der Waals surface area contributed by atoms with Crippen LogP contribution in [0.3, 0.4) is 0 Å². The smallest absolute Gasteiger partial charge is 0.329 e. The van der Waals surface area contributed by atoms with Crippen LogP contribution in [0.4, 0.5) is 0 Å². The molecule has 19 heavy (non-hydrogen) atoms. The van der Waals surface area contributed by atoms with Crippen LogP contribution in [0.2, 0.25) is 0 Å². The summed E-state index contributed by atoms with van der Waals surface area (Å²) in [6, 6.07) is 0. The SMILES string of the molecule is O=C(CC1CCCCO1)NC1(C(=O)O)CCCCC1. The second-order valence-electron chi connectivity index (χ2n) is 5.69. The lowest BCUT2D eigenvalue weighted by Gasteiger charge is -2.34. The number of nitrogens with one attached hydrogen (secondary N) is 1. The summed E-state index contributed by atoms with van der Waals surface area (Å²) in [6.45, 7) is 0.710. The van der Waals surface area contributed by atoms with E-state index < -0.39 is 11.5 Å². The molecule has 2 aliphatic rings. The monoisotopic (exact) mass is 269 g/mol. The maximum Gasteiger partial charge on any atom is 0.329 e. The van der Waals surface area contributed by atoms with Crippen molar-refractivity contribution in [1.82, 2.24) is 5.32 Å². The predicted molar refractivity (Wildman–Crippen MR) is 69.8 cm³/mol. The van der Waals surface area contributed by atoms with Crippen LogP contribution < -0.4 is 5.32 Å². The maximum atomic E-state index is 12.0. The molecule has 1 unspecified atom stereocenters. The van der Waals surface area contributed by atoms with E-state index in [1.807, 2.05) is 0 Å². The van der Waals surface area contributed by atoms with Crippen LogP contribution in [0, 0.1) is 0 Å². The first-order valence-corrected chi connectivity index (χ1v) is 7.28. The number of ether oxygens (including phenoxy) is 1. The van der Waals surface area contributed by atoms with Crippen LogP contribution in [-0.4, -0.2) is 35.2 Å². The van der Waals surface area contributed by atoms with E-state index in [1.54, 1.807) is 0 Å². The van der Waals surface area contributed by atoms with Gasteiger partial charge in [0, 0.05) is 6.61 Å². The van der Waals surface area contributed by atoms with E-state index in [-0.39, 0.29) is 18.4 Å². The van der Waals surface area contributed by atoms with E-state index in [0.717, 1.165) is 38.5 Å². The number of amides is 1. The van der Waals surface area contributed by atoms with E-state index in [2.05, 4.69) is 5.32 Å². The molecule has 108 valence electrons. The van der Waals surface area contributed by atoms with Gasteiger partial charge in [-0.2, -0.15) is 0 Å². The van der Waals surface area contributed by atoms with Crippen molar-refractivity contribution in [2.45, 2.75) is 69.4 Å².